The summed E-state index contributed by atoms with van der Waals surface area (Å²) in [5.74, 6) is 2.37. The molecule has 0 bridgehead atoms. The van der Waals surface area contributed by atoms with Crippen molar-refractivity contribution in [3.63, 3.8) is 0 Å². The Morgan fingerprint density at radius 2 is 2.33 bits per heavy atom. The number of hydrogen-bond donors (Lipinski definition) is 1. The van der Waals surface area contributed by atoms with Gasteiger partial charge in [-0.1, -0.05) is 18.1 Å². The van der Waals surface area contributed by atoms with Crippen LogP contribution in [0.15, 0.2) is 28.9 Å². The average Bonchev–Trinajstić information content (AvgIpc) is 3.02. The summed E-state index contributed by atoms with van der Waals surface area (Å²) in [6.07, 6.45) is 3.71. The average molecular weight is 286 g/mol. The van der Waals surface area contributed by atoms with Gasteiger partial charge in [0.1, 0.15) is 5.69 Å². The van der Waals surface area contributed by atoms with Crippen LogP contribution in [0.25, 0.3) is 11.5 Å². The van der Waals surface area contributed by atoms with Crippen LogP contribution in [0.1, 0.15) is 25.7 Å². The van der Waals surface area contributed by atoms with Gasteiger partial charge < -0.3 is 9.84 Å². The van der Waals surface area contributed by atoms with Gasteiger partial charge in [-0.15, -0.1) is 0 Å². The Morgan fingerprint density at radius 3 is 3.05 bits per heavy atom. The predicted octanol–water partition coefficient (Wildman–Crippen LogP) is 1.84. The fourth-order valence-electron chi connectivity index (χ4n) is 2.19. The van der Waals surface area contributed by atoms with E-state index in [1.807, 2.05) is 18.2 Å². The van der Waals surface area contributed by atoms with Gasteiger partial charge in [-0.05, 0) is 30.4 Å². The second-order valence-electron chi connectivity index (χ2n) is 5.50. The molecule has 1 saturated carbocycles. The molecular formula is C15H18N4O2. The van der Waals surface area contributed by atoms with E-state index >= 15 is 0 Å². The Bertz CT molecular complexity index is 611. The maximum atomic E-state index is 11.7. The van der Waals surface area contributed by atoms with E-state index in [9.17, 15) is 4.79 Å². The highest BCUT2D eigenvalue weighted by molar-refractivity contribution is 5.76. The Kier molecular flexibility index (Phi) is 3.94. The number of rotatable bonds is 6. The fraction of sp³-hybridized carbons (Fsp3) is 0.467. The third-order valence-electron chi connectivity index (χ3n) is 3.77. The van der Waals surface area contributed by atoms with Gasteiger partial charge >= 0.3 is 0 Å². The third kappa shape index (κ3) is 3.65. The highest BCUT2D eigenvalue weighted by Crippen LogP contribution is 2.36. The molecular weight excluding hydrogens is 268 g/mol. The lowest BCUT2D eigenvalue weighted by atomic mass is 10.2. The van der Waals surface area contributed by atoms with E-state index in [1.54, 1.807) is 6.20 Å². The minimum absolute atomic E-state index is 0.0340. The van der Waals surface area contributed by atoms with Gasteiger partial charge in [-0.3, -0.25) is 9.78 Å². The van der Waals surface area contributed by atoms with Gasteiger partial charge in [-0.25, -0.2) is 0 Å². The maximum absolute atomic E-state index is 11.7. The molecule has 0 spiro atoms. The molecule has 0 unspecified atom stereocenters. The van der Waals surface area contributed by atoms with Crippen LogP contribution in [0.3, 0.4) is 0 Å². The number of nitrogens with one attached hydrogen (secondary N) is 1. The van der Waals surface area contributed by atoms with Crippen molar-refractivity contribution < 1.29 is 9.32 Å². The molecule has 1 fully saturated rings. The van der Waals surface area contributed by atoms with Gasteiger partial charge in [0, 0.05) is 25.6 Å². The van der Waals surface area contributed by atoms with Gasteiger partial charge in [0.15, 0.2) is 0 Å². The molecule has 3 rings (SSSR count). The minimum Gasteiger partial charge on any atom is -0.356 e. The second-order valence-corrected chi connectivity index (χ2v) is 5.50. The van der Waals surface area contributed by atoms with E-state index in [0.29, 0.717) is 36.2 Å². The zero-order valence-corrected chi connectivity index (χ0v) is 12.0. The van der Waals surface area contributed by atoms with E-state index in [4.69, 9.17) is 4.52 Å². The van der Waals surface area contributed by atoms with Crippen molar-refractivity contribution in [3.05, 3.63) is 30.3 Å². The number of carbonyl (C=O) groups excluding carboxylic acids is 1. The first kappa shape index (κ1) is 13.7. The van der Waals surface area contributed by atoms with Crippen molar-refractivity contribution in [3.8, 4) is 11.5 Å². The summed E-state index contributed by atoms with van der Waals surface area (Å²) in [7, 11) is 0. The number of nitrogens with zero attached hydrogens (tertiary/aromatic N) is 3. The second kappa shape index (κ2) is 6.03. The predicted molar refractivity (Wildman–Crippen MR) is 76.1 cm³/mol. The van der Waals surface area contributed by atoms with E-state index in [1.165, 1.54) is 6.42 Å². The van der Waals surface area contributed by atoms with Crippen molar-refractivity contribution >= 4 is 5.91 Å². The van der Waals surface area contributed by atoms with Crippen LogP contribution >= 0.6 is 0 Å². The molecule has 110 valence electrons. The summed E-state index contributed by atoms with van der Waals surface area (Å²) in [6, 6.07) is 5.51. The normalized spacial score (nSPS) is 20.2. The van der Waals surface area contributed by atoms with Crippen LogP contribution in [0, 0.1) is 11.8 Å². The molecule has 1 aliphatic carbocycles. The van der Waals surface area contributed by atoms with Crippen LogP contribution < -0.4 is 5.32 Å². The Labute approximate surface area is 123 Å². The highest BCUT2D eigenvalue weighted by atomic mass is 16.5. The molecule has 0 saturated heterocycles. The van der Waals surface area contributed by atoms with Gasteiger partial charge in [0.05, 0.1) is 0 Å². The largest absolute Gasteiger partial charge is 0.356 e. The summed E-state index contributed by atoms with van der Waals surface area (Å²) in [5.41, 5.74) is 0.666. The Balaban J connectivity index is 1.47. The van der Waals surface area contributed by atoms with Gasteiger partial charge in [-0.2, -0.15) is 4.98 Å². The molecule has 1 aliphatic rings. The van der Waals surface area contributed by atoms with Crippen molar-refractivity contribution in [1.82, 2.24) is 20.4 Å². The third-order valence-corrected chi connectivity index (χ3v) is 3.77. The molecule has 0 radical (unpaired) electrons. The van der Waals surface area contributed by atoms with Crippen LogP contribution in [0.4, 0.5) is 0 Å². The molecule has 2 aromatic rings. The first-order chi connectivity index (χ1) is 10.2. The Morgan fingerprint density at radius 1 is 1.48 bits per heavy atom. The summed E-state index contributed by atoms with van der Waals surface area (Å²) >= 11 is 0. The summed E-state index contributed by atoms with van der Waals surface area (Å²) in [4.78, 5) is 20.1. The molecule has 2 heterocycles. The number of pyridine rings is 1. The molecule has 1 amide bonds. The zero-order chi connectivity index (χ0) is 14.7. The molecule has 1 N–H and O–H groups in total. The summed E-state index contributed by atoms with van der Waals surface area (Å²) in [5, 5.41) is 6.82. The molecule has 2 atom stereocenters. The van der Waals surface area contributed by atoms with Crippen LogP contribution in [0.5, 0.6) is 0 Å². The Hall–Kier alpha value is -2.24. The smallest absolute Gasteiger partial charge is 0.227 e. The lowest BCUT2D eigenvalue weighted by Gasteiger charge is -2.02. The van der Waals surface area contributed by atoms with E-state index in [0.717, 1.165) is 12.5 Å². The number of aromatic nitrogens is 3. The first-order valence-corrected chi connectivity index (χ1v) is 7.23. The standard InChI is InChI=1S/C15H18N4O2/c1-10-8-11(10)9-17-13(20)5-6-14-18-15(19-21-14)12-4-2-3-7-16-12/h2-4,7,10-11H,5-6,8-9H2,1H3,(H,17,20)/t10-,11-/m0/s1. The molecule has 21 heavy (non-hydrogen) atoms. The SMILES string of the molecule is C[C@H]1C[C@H]1CNC(=O)CCc1nc(-c2ccccn2)no1. The lowest BCUT2D eigenvalue weighted by molar-refractivity contribution is -0.121. The van der Waals surface area contributed by atoms with E-state index < -0.39 is 0 Å². The lowest BCUT2D eigenvalue weighted by Crippen LogP contribution is -2.26. The monoisotopic (exact) mass is 286 g/mol. The van der Waals surface area contributed by atoms with Crippen LogP contribution in [0.2, 0.25) is 0 Å². The minimum atomic E-state index is 0.0340. The quantitative estimate of drug-likeness (QED) is 0.876. The van der Waals surface area contributed by atoms with E-state index in [2.05, 4.69) is 27.4 Å². The number of aryl methyl sites for hydroxylation is 1. The van der Waals surface area contributed by atoms with E-state index in [-0.39, 0.29) is 5.91 Å². The van der Waals surface area contributed by atoms with Crippen molar-refractivity contribution in [1.29, 1.82) is 0 Å². The van der Waals surface area contributed by atoms with Crippen LogP contribution in [-0.4, -0.2) is 27.6 Å². The molecule has 6 nitrogen and oxygen atoms in total. The van der Waals surface area contributed by atoms with Crippen molar-refractivity contribution in [2.24, 2.45) is 11.8 Å². The molecule has 0 aromatic carbocycles. The summed E-state index contributed by atoms with van der Waals surface area (Å²) < 4.78 is 5.14. The van der Waals surface area contributed by atoms with Crippen molar-refractivity contribution in [2.75, 3.05) is 6.54 Å². The number of amides is 1. The zero-order valence-electron chi connectivity index (χ0n) is 12.0. The maximum Gasteiger partial charge on any atom is 0.227 e. The fourth-order valence-corrected chi connectivity index (χ4v) is 2.19. The first-order valence-electron chi connectivity index (χ1n) is 7.23. The number of hydrogen-bond acceptors (Lipinski definition) is 5. The highest BCUT2D eigenvalue weighted by Gasteiger charge is 2.32. The molecule has 0 aliphatic heterocycles. The number of carbonyl (C=O) groups is 1. The molecule has 2 aromatic heterocycles. The molecule has 6 heteroatoms. The van der Waals surface area contributed by atoms with Crippen LogP contribution in [-0.2, 0) is 11.2 Å². The van der Waals surface area contributed by atoms with Crippen molar-refractivity contribution in [2.45, 2.75) is 26.2 Å². The van der Waals surface area contributed by atoms with Gasteiger partial charge in [0.2, 0.25) is 17.6 Å². The topological polar surface area (TPSA) is 80.9 Å². The summed E-state index contributed by atoms with van der Waals surface area (Å²) in [6.45, 7) is 2.98. The van der Waals surface area contributed by atoms with Gasteiger partial charge in [0.25, 0.3) is 0 Å².